The van der Waals surface area contributed by atoms with Crippen LogP contribution in [0.5, 0.6) is 0 Å². The number of anilines is 1. The Morgan fingerprint density at radius 3 is 2.48 bits per heavy atom. The van der Waals surface area contributed by atoms with Crippen LogP contribution in [-0.4, -0.2) is 22.3 Å². The van der Waals surface area contributed by atoms with Crippen LogP contribution in [0.15, 0.2) is 22.8 Å². The molecule has 132 valence electrons. The monoisotopic (exact) mass is 424 g/mol. The molecule has 1 fully saturated rings. The number of aromatic nitrogens is 1. The molecular formula is C16H17BrN4O3S. The van der Waals surface area contributed by atoms with Crippen LogP contribution in [-0.2, 0) is 11.8 Å². The molecule has 0 unspecified atom stereocenters. The maximum absolute atomic E-state index is 12.3. The van der Waals surface area contributed by atoms with E-state index in [4.69, 9.17) is 0 Å². The van der Waals surface area contributed by atoms with E-state index in [0.29, 0.717) is 15.6 Å². The first-order valence-electron chi connectivity index (χ1n) is 7.69. The van der Waals surface area contributed by atoms with Crippen LogP contribution >= 0.6 is 27.3 Å². The van der Waals surface area contributed by atoms with Crippen molar-refractivity contribution in [1.82, 2.24) is 15.4 Å². The van der Waals surface area contributed by atoms with Crippen LogP contribution in [0.3, 0.4) is 0 Å². The number of nitrogens with zero attached hydrogens (tertiary/aromatic N) is 1. The van der Waals surface area contributed by atoms with Crippen molar-refractivity contribution >= 4 is 50.0 Å². The Balaban J connectivity index is 1.61. The van der Waals surface area contributed by atoms with E-state index >= 15 is 0 Å². The summed E-state index contributed by atoms with van der Waals surface area (Å²) in [7, 11) is 1.74. The first kappa shape index (κ1) is 17.7. The third kappa shape index (κ3) is 4.10. The van der Waals surface area contributed by atoms with E-state index in [1.807, 2.05) is 0 Å². The SMILES string of the molecule is Cc1cc(NC(=O)C2CC2)sc1C(=O)NNC(=O)c1cc(Br)cn1C. The summed E-state index contributed by atoms with van der Waals surface area (Å²) in [6, 6.07) is 3.42. The van der Waals surface area contributed by atoms with Gasteiger partial charge in [0.15, 0.2) is 0 Å². The Hall–Kier alpha value is -2.13. The van der Waals surface area contributed by atoms with Gasteiger partial charge in [0.25, 0.3) is 11.8 Å². The van der Waals surface area contributed by atoms with Crippen molar-refractivity contribution in [3.63, 3.8) is 0 Å². The highest BCUT2D eigenvalue weighted by molar-refractivity contribution is 9.10. The number of hydrogen-bond donors (Lipinski definition) is 3. The number of rotatable bonds is 4. The molecule has 0 saturated heterocycles. The number of hydrazine groups is 1. The number of hydrogen-bond acceptors (Lipinski definition) is 4. The number of halogens is 1. The zero-order valence-electron chi connectivity index (χ0n) is 13.7. The summed E-state index contributed by atoms with van der Waals surface area (Å²) < 4.78 is 2.42. The third-order valence-electron chi connectivity index (χ3n) is 3.81. The van der Waals surface area contributed by atoms with Crippen LogP contribution in [0, 0.1) is 12.8 Å². The van der Waals surface area contributed by atoms with Gasteiger partial charge in [-0.3, -0.25) is 25.2 Å². The highest BCUT2D eigenvalue weighted by Gasteiger charge is 2.30. The lowest BCUT2D eigenvalue weighted by Gasteiger charge is -2.07. The van der Waals surface area contributed by atoms with Gasteiger partial charge in [-0.1, -0.05) is 0 Å². The smallest absolute Gasteiger partial charge is 0.286 e. The first-order chi connectivity index (χ1) is 11.8. The molecule has 1 saturated carbocycles. The summed E-state index contributed by atoms with van der Waals surface area (Å²) in [4.78, 5) is 36.7. The molecule has 0 atom stereocenters. The molecule has 25 heavy (non-hydrogen) atoms. The van der Waals surface area contributed by atoms with Gasteiger partial charge in [-0.15, -0.1) is 11.3 Å². The van der Waals surface area contributed by atoms with Crippen molar-refractivity contribution in [3.8, 4) is 0 Å². The third-order valence-corrected chi connectivity index (χ3v) is 5.40. The minimum atomic E-state index is -0.420. The van der Waals surface area contributed by atoms with Gasteiger partial charge in [0.05, 0.1) is 9.88 Å². The van der Waals surface area contributed by atoms with Crippen LogP contribution < -0.4 is 16.2 Å². The minimum Gasteiger partial charge on any atom is -0.345 e. The van der Waals surface area contributed by atoms with Crippen molar-refractivity contribution in [2.75, 3.05) is 5.32 Å². The quantitative estimate of drug-likeness (QED) is 0.658. The Labute approximate surface area is 156 Å². The van der Waals surface area contributed by atoms with E-state index in [1.165, 1.54) is 11.3 Å². The molecule has 0 spiro atoms. The van der Waals surface area contributed by atoms with E-state index in [9.17, 15) is 14.4 Å². The van der Waals surface area contributed by atoms with Crippen LogP contribution in [0.1, 0.15) is 38.6 Å². The summed E-state index contributed by atoms with van der Waals surface area (Å²) in [6.07, 6.45) is 3.59. The normalized spacial score (nSPS) is 13.4. The van der Waals surface area contributed by atoms with Gasteiger partial charge < -0.3 is 9.88 Å². The second kappa shape index (κ2) is 7.01. The largest absolute Gasteiger partial charge is 0.345 e. The number of amides is 3. The highest BCUT2D eigenvalue weighted by atomic mass is 79.9. The second-order valence-corrected chi connectivity index (χ2v) is 7.92. The lowest BCUT2D eigenvalue weighted by molar-refractivity contribution is -0.117. The summed E-state index contributed by atoms with van der Waals surface area (Å²) in [5.41, 5.74) is 5.95. The molecule has 0 aromatic carbocycles. The lowest BCUT2D eigenvalue weighted by Crippen LogP contribution is -2.42. The van der Waals surface area contributed by atoms with Crippen molar-refractivity contribution in [2.24, 2.45) is 13.0 Å². The summed E-state index contributed by atoms with van der Waals surface area (Å²) >= 11 is 4.48. The molecule has 0 radical (unpaired) electrons. The average molecular weight is 425 g/mol. The molecule has 7 nitrogen and oxygen atoms in total. The van der Waals surface area contributed by atoms with Crippen LogP contribution in [0.2, 0.25) is 0 Å². The summed E-state index contributed by atoms with van der Waals surface area (Å²) in [5.74, 6) is -0.742. The van der Waals surface area contributed by atoms with Gasteiger partial charge in [-0.2, -0.15) is 0 Å². The number of aryl methyl sites for hydroxylation is 2. The van der Waals surface area contributed by atoms with Gasteiger partial charge in [-0.25, -0.2) is 0 Å². The van der Waals surface area contributed by atoms with Crippen LogP contribution in [0.4, 0.5) is 5.00 Å². The first-order valence-corrected chi connectivity index (χ1v) is 9.30. The molecule has 1 aliphatic carbocycles. The maximum atomic E-state index is 12.3. The number of carbonyl (C=O) groups excluding carboxylic acids is 3. The molecule has 0 bridgehead atoms. The summed E-state index contributed by atoms with van der Waals surface area (Å²) in [6.45, 7) is 1.79. The Morgan fingerprint density at radius 2 is 1.88 bits per heavy atom. The number of thiophene rings is 1. The Kier molecular flexibility index (Phi) is 4.96. The predicted molar refractivity (Wildman–Crippen MR) is 98.5 cm³/mol. The second-order valence-electron chi connectivity index (χ2n) is 5.95. The summed E-state index contributed by atoms with van der Waals surface area (Å²) in [5, 5.41) is 3.46. The topological polar surface area (TPSA) is 92.2 Å². The standard InChI is InChI=1S/C16H17BrN4O3S/c1-8-5-12(18-14(22)9-3-4-9)25-13(8)16(24)20-19-15(23)11-6-10(17)7-21(11)2/h5-7,9H,3-4H2,1-2H3,(H,18,22)(H,19,23)(H,20,24). The molecule has 3 amide bonds. The molecule has 2 aromatic rings. The molecule has 2 aromatic heterocycles. The minimum absolute atomic E-state index is 0.00389. The van der Waals surface area contributed by atoms with Crippen molar-refractivity contribution in [1.29, 1.82) is 0 Å². The van der Waals surface area contributed by atoms with E-state index in [2.05, 4.69) is 32.1 Å². The molecule has 3 rings (SSSR count). The van der Waals surface area contributed by atoms with Gasteiger partial charge in [0, 0.05) is 23.6 Å². The van der Waals surface area contributed by atoms with Crippen molar-refractivity contribution in [2.45, 2.75) is 19.8 Å². The molecule has 0 aliphatic heterocycles. The van der Waals surface area contributed by atoms with Gasteiger partial charge in [-0.05, 0) is 53.4 Å². The van der Waals surface area contributed by atoms with Gasteiger partial charge in [0.2, 0.25) is 5.91 Å². The van der Waals surface area contributed by atoms with Crippen LogP contribution in [0.25, 0.3) is 0 Å². The Morgan fingerprint density at radius 1 is 1.20 bits per heavy atom. The Bertz CT molecular complexity index is 854. The predicted octanol–water partition coefficient (Wildman–Crippen LogP) is 2.58. The lowest BCUT2D eigenvalue weighted by atomic mass is 10.3. The average Bonchev–Trinajstić information content (AvgIpc) is 3.26. The van der Waals surface area contributed by atoms with Crippen molar-refractivity contribution in [3.05, 3.63) is 38.9 Å². The molecule has 9 heteroatoms. The van der Waals surface area contributed by atoms with Crippen molar-refractivity contribution < 1.29 is 14.4 Å². The molecule has 2 heterocycles. The van der Waals surface area contributed by atoms with E-state index in [-0.39, 0.29) is 11.8 Å². The fourth-order valence-electron chi connectivity index (χ4n) is 2.32. The molecule has 3 N–H and O–H groups in total. The number of carbonyl (C=O) groups is 3. The number of nitrogens with one attached hydrogen (secondary N) is 3. The fourth-order valence-corrected chi connectivity index (χ4v) is 3.82. The molecule has 1 aliphatic rings. The van der Waals surface area contributed by atoms with Gasteiger partial charge >= 0.3 is 0 Å². The van der Waals surface area contributed by atoms with E-state index in [1.54, 1.807) is 36.9 Å². The maximum Gasteiger partial charge on any atom is 0.286 e. The fraction of sp³-hybridized carbons (Fsp3) is 0.312. The highest BCUT2D eigenvalue weighted by Crippen LogP contribution is 2.32. The van der Waals surface area contributed by atoms with E-state index < -0.39 is 11.8 Å². The molecular weight excluding hydrogens is 408 g/mol. The van der Waals surface area contributed by atoms with Gasteiger partial charge in [0.1, 0.15) is 5.69 Å². The van der Waals surface area contributed by atoms with E-state index in [0.717, 1.165) is 22.9 Å². The zero-order valence-corrected chi connectivity index (χ0v) is 16.1. The zero-order chi connectivity index (χ0) is 18.1.